The third kappa shape index (κ3) is 4.17. The minimum absolute atomic E-state index is 0.0183. The fourth-order valence-electron chi connectivity index (χ4n) is 4.40. The summed E-state index contributed by atoms with van der Waals surface area (Å²) in [5, 5.41) is 0. The van der Waals surface area contributed by atoms with E-state index in [-0.39, 0.29) is 5.91 Å². The van der Waals surface area contributed by atoms with E-state index < -0.39 is 0 Å². The number of nitrogens with zero attached hydrogens (tertiary/aromatic N) is 6. The second-order valence-electron chi connectivity index (χ2n) is 8.57. The summed E-state index contributed by atoms with van der Waals surface area (Å²) in [5.41, 5.74) is 1.54. The number of hydrogen-bond acceptors (Lipinski definition) is 8. The lowest BCUT2D eigenvalue weighted by molar-refractivity contribution is 0.0735. The van der Waals surface area contributed by atoms with Crippen molar-refractivity contribution in [3.8, 4) is 11.5 Å². The molecule has 2 saturated heterocycles. The number of rotatable bonds is 3. The average Bonchev–Trinajstić information content (AvgIpc) is 2.83. The van der Waals surface area contributed by atoms with Gasteiger partial charge in [0, 0.05) is 64.1 Å². The van der Waals surface area contributed by atoms with Crippen LogP contribution in [0.2, 0.25) is 0 Å². The number of ether oxygens (including phenoxy) is 2. The summed E-state index contributed by atoms with van der Waals surface area (Å²) in [5.74, 6) is 2.93. The Bertz CT molecular complexity index is 984. The minimum atomic E-state index is -0.0183. The number of fused-ring (bicyclic) bond motifs is 1. The van der Waals surface area contributed by atoms with E-state index in [4.69, 9.17) is 19.4 Å². The van der Waals surface area contributed by atoms with Gasteiger partial charge in [-0.05, 0) is 26.1 Å². The molecule has 0 bridgehead atoms. The van der Waals surface area contributed by atoms with Crippen LogP contribution in [0.15, 0.2) is 24.3 Å². The Labute approximate surface area is 188 Å². The number of para-hydroxylation sites is 1. The lowest BCUT2D eigenvalue weighted by Gasteiger charge is -2.36. The number of anilines is 2. The van der Waals surface area contributed by atoms with Crippen molar-refractivity contribution >= 4 is 17.7 Å². The highest BCUT2D eigenvalue weighted by Gasteiger charge is 2.28. The lowest BCUT2D eigenvalue weighted by Crippen LogP contribution is -2.49. The summed E-state index contributed by atoms with van der Waals surface area (Å²) < 4.78 is 11.4. The molecular formula is C23H30N6O3. The van der Waals surface area contributed by atoms with Gasteiger partial charge in [-0.25, -0.2) is 4.98 Å². The minimum Gasteiger partial charge on any atom is -0.486 e. The normalized spacial score (nSPS) is 19.2. The van der Waals surface area contributed by atoms with E-state index >= 15 is 0 Å². The van der Waals surface area contributed by atoms with Crippen LogP contribution < -0.4 is 19.3 Å². The van der Waals surface area contributed by atoms with Gasteiger partial charge in [0.05, 0.1) is 5.56 Å². The highest BCUT2D eigenvalue weighted by molar-refractivity contribution is 5.98. The number of carbonyl (C=O) groups excluding carboxylic acids is 1. The van der Waals surface area contributed by atoms with Gasteiger partial charge < -0.3 is 29.1 Å². The molecular weight excluding hydrogens is 408 g/mol. The average molecular weight is 439 g/mol. The van der Waals surface area contributed by atoms with Crippen LogP contribution in [0.25, 0.3) is 0 Å². The van der Waals surface area contributed by atoms with Gasteiger partial charge in [-0.3, -0.25) is 4.79 Å². The summed E-state index contributed by atoms with van der Waals surface area (Å²) in [7, 11) is 2.15. The Balaban J connectivity index is 1.27. The Hall–Kier alpha value is -3.07. The van der Waals surface area contributed by atoms with Crippen molar-refractivity contribution < 1.29 is 14.3 Å². The standard InChI is InChI=1S/C23H30N6O3/c1-17-16-20(27-8-6-26(2)7-9-27)25-23(24-17)29-12-10-28(11-13-29)22(30)18-4-3-5-19-21(18)32-15-14-31-19/h3-5,16H,6-15H2,1-2H3. The summed E-state index contributed by atoms with van der Waals surface area (Å²) in [6.07, 6.45) is 0. The van der Waals surface area contributed by atoms with Gasteiger partial charge in [-0.2, -0.15) is 4.98 Å². The molecule has 0 aliphatic carbocycles. The maximum Gasteiger partial charge on any atom is 0.257 e. The lowest BCUT2D eigenvalue weighted by atomic mass is 10.1. The third-order valence-corrected chi connectivity index (χ3v) is 6.30. The summed E-state index contributed by atoms with van der Waals surface area (Å²) in [6.45, 7) is 9.65. The summed E-state index contributed by atoms with van der Waals surface area (Å²) in [4.78, 5) is 31.5. The van der Waals surface area contributed by atoms with Gasteiger partial charge in [0.1, 0.15) is 19.0 Å². The predicted octanol–water partition coefficient (Wildman–Crippen LogP) is 1.27. The molecule has 1 amide bonds. The fraction of sp³-hybridized carbons (Fsp3) is 0.522. The third-order valence-electron chi connectivity index (χ3n) is 6.30. The maximum atomic E-state index is 13.2. The van der Waals surface area contributed by atoms with Gasteiger partial charge in [0.15, 0.2) is 11.5 Å². The van der Waals surface area contributed by atoms with E-state index in [9.17, 15) is 4.79 Å². The molecule has 3 aliphatic rings. The van der Waals surface area contributed by atoms with Gasteiger partial charge >= 0.3 is 0 Å². The quantitative estimate of drug-likeness (QED) is 0.710. The predicted molar refractivity (Wildman–Crippen MR) is 122 cm³/mol. The number of carbonyl (C=O) groups is 1. The smallest absolute Gasteiger partial charge is 0.257 e. The van der Waals surface area contributed by atoms with Crippen LogP contribution in [-0.2, 0) is 0 Å². The first-order valence-corrected chi connectivity index (χ1v) is 11.3. The first-order chi connectivity index (χ1) is 15.6. The van der Waals surface area contributed by atoms with E-state index in [1.165, 1.54) is 0 Å². The summed E-state index contributed by atoms with van der Waals surface area (Å²) in [6, 6.07) is 7.57. The van der Waals surface area contributed by atoms with Crippen LogP contribution in [0, 0.1) is 6.92 Å². The van der Waals surface area contributed by atoms with E-state index in [0.29, 0.717) is 56.5 Å². The number of piperazine rings is 2. The van der Waals surface area contributed by atoms with Crippen molar-refractivity contribution in [2.24, 2.45) is 0 Å². The molecule has 0 radical (unpaired) electrons. The number of benzene rings is 1. The number of aromatic nitrogens is 2. The van der Waals surface area contributed by atoms with Crippen LogP contribution in [0.4, 0.5) is 11.8 Å². The zero-order chi connectivity index (χ0) is 22.1. The van der Waals surface area contributed by atoms with Gasteiger partial charge in [-0.1, -0.05) is 6.07 Å². The highest BCUT2D eigenvalue weighted by atomic mass is 16.6. The van der Waals surface area contributed by atoms with Crippen LogP contribution in [-0.4, -0.2) is 98.3 Å². The number of hydrogen-bond donors (Lipinski definition) is 0. The molecule has 1 aromatic carbocycles. The Kier molecular flexibility index (Phi) is 5.73. The van der Waals surface area contributed by atoms with E-state index in [0.717, 1.165) is 43.6 Å². The molecule has 4 heterocycles. The molecule has 170 valence electrons. The van der Waals surface area contributed by atoms with E-state index in [1.54, 1.807) is 0 Å². The molecule has 0 spiro atoms. The zero-order valence-electron chi connectivity index (χ0n) is 18.8. The van der Waals surface area contributed by atoms with Crippen LogP contribution in [0.5, 0.6) is 11.5 Å². The zero-order valence-corrected chi connectivity index (χ0v) is 18.8. The Morgan fingerprint density at radius 3 is 2.41 bits per heavy atom. The van der Waals surface area contributed by atoms with Crippen molar-refractivity contribution in [2.75, 3.05) is 82.4 Å². The Morgan fingerprint density at radius 2 is 1.62 bits per heavy atom. The SMILES string of the molecule is Cc1cc(N2CCN(C)CC2)nc(N2CCN(C(=O)c3cccc4c3OCCO4)CC2)n1. The molecule has 2 aromatic rings. The molecule has 1 aromatic heterocycles. The molecule has 9 heteroatoms. The molecule has 0 saturated carbocycles. The van der Waals surface area contributed by atoms with Crippen molar-refractivity contribution in [1.29, 1.82) is 0 Å². The molecule has 9 nitrogen and oxygen atoms in total. The molecule has 5 rings (SSSR count). The summed E-state index contributed by atoms with van der Waals surface area (Å²) >= 11 is 0. The molecule has 0 atom stereocenters. The number of likely N-dealkylation sites (N-methyl/N-ethyl adjacent to an activating group) is 1. The Morgan fingerprint density at radius 1 is 0.906 bits per heavy atom. The van der Waals surface area contributed by atoms with Crippen molar-refractivity contribution in [3.05, 3.63) is 35.5 Å². The molecule has 0 N–H and O–H groups in total. The van der Waals surface area contributed by atoms with Gasteiger partial charge in [0.2, 0.25) is 5.95 Å². The van der Waals surface area contributed by atoms with Gasteiger partial charge in [0.25, 0.3) is 5.91 Å². The molecule has 0 unspecified atom stereocenters. The number of aryl methyl sites for hydroxylation is 1. The van der Waals surface area contributed by atoms with Gasteiger partial charge in [-0.15, -0.1) is 0 Å². The van der Waals surface area contributed by atoms with Crippen LogP contribution in [0.3, 0.4) is 0 Å². The van der Waals surface area contributed by atoms with Crippen molar-refractivity contribution in [1.82, 2.24) is 19.8 Å². The topological polar surface area (TPSA) is 74.3 Å². The van der Waals surface area contributed by atoms with E-state index in [1.807, 2.05) is 30.0 Å². The largest absolute Gasteiger partial charge is 0.486 e. The van der Waals surface area contributed by atoms with Crippen LogP contribution >= 0.6 is 0 Å². The first-order valence-electron chi connectivity index (χ1n) is 11.3. The molecule has 32 heavy (non-hydrogen) atoms. The number of amides is 1. The second kappa shape index (κ2) is 8.82. The monoisotopic (exact) mass is 438 g/mol. The highest BCUT2D eigenvalue weighted by Crippen LogP contribution is 2.34. The first kappa shape index (κ1) is 20.8. The van der Waals surface area contributed by atoms with Crippen molar-refractivity contribution in [3.63, 3.8) is 0 Å². The molecule has 2 fully saturated rings. The van der Waals surface area contributed by atoms with Crippen LogP contribution in [0.1, 0.15) is 16.1 Å². The van der Waals surface area contributed by atoms with E-state index in [2.05, 4.69) is 27.8 Å². The maximum absolute atomic E-state index is 13.2. The fourth-order valence-corrected chi connectivity index (χ4v) is 4.40. The second-order valence-corrected chi connectivity index (χ2v) is 8.57. The molecule has 3 aliphatic heterocycles. The van der Waals surface area contributed by atoms with Crippen molar-refractivity contribution in [2.45, 2.75) is 6.92 Å².